The highest BCUT2D eigenvalue weighted by molar-refractivity contribution is 5.76. The standard InChI is InChI=1S/C26H29N5O2/c32-26(29-33)23-5-3-19(4-6-23)18-31-15-11-22-7-8-24(28-25(22)31)21-9-13-30(14-10-21)17-20-2-1-12-27-16-20/h1-8,11-12,15-16,21,26,29,32-33H,9-10,13-14,17-18H2. The molecule has 1 aliphatic heterocycles. The predicted molar refractivity (Wildman–Crippen MR) is 127 cm³/mol. The second-order valence-electron chi connectivity index (χ2n) is 8.78. The zero-order valence-corrected chi connectivity index (χ0v) is 18.5. The number of aliphatic hydroxyl groups is 1. The van der Waals surface area contributed by atoms with Gasteiger partial charge in [0, 0.05) is 48.7 Å². The lowest BCUT2D eigenvalue weighted by molar-refractivity contribution is 0.000692. The van der Waals surface area contributed by atoms with E-state index in [1.165, 1.54) is 11.3 Å². The summed E-state index contributed by atoms with van der Waals surface area (Å²) in [6.45, 7) is 3.80. The number of piperidine rings is 1. The highest BCUT2D eigenvalue weighted by Gasteiger charge is 2.22. The third-order valence-corrected chi connectivity index (χ3v) is 6.54. The van der Waals surface area contributed by atoms with Gasteiger partial charge in [-0.15, -0.1) is 0 Å². The van der Waals surface area contributed by atoms with Crippen LogP contribution in [0.25, 0.3) is 11.0 Å². The molecule has 7 nitrogen and oxygen atoms in total. The third-order valence-electron chi connectivity index (χ3n) is 6.54. The highest BCUT2D eigenvalue weighted by Crippen LogP contribution is 2.29. The summed E-state index contributed by atoms with van der Waals surface area (Å²) in [7, 11) is 0. The van der Waals surface area contributed by atoms with E-state index in [0.717, 1.165) is 49.1 Å². The number of fused-ring (bicyclic) bond motifs is 1. The van der Waals surface area contributed by atoms with Gasteiger partial charge in [0.1, 0.15) is 5.65 Å². The number of pyridine rings is 2. The van der Waals surface area contributed by atoms with Gasteiger partial charge in [-0.2, -0.15) is 5.48 Å². The fourth-order valence-corrected chi connectivity index (χ4v) is 4.64. The first-order chi connectivity index (χ1) is 16.2. The second-order valence-corrected chi connectivity index (χ2v) is 8.78. The average molecular weight is 444 g/mol. The fourth-order valence-electron chi connectivity index (χ4n) is 4.64. The summed E-state index contributed by atoms with van der Waals surface area (Å²) in [5.41, 5.74) is 7.03. The van der Waals surface area contributed by atoms with Crippen LogP contribution in [0.1, 0.15) is 47.4 Å². The lowest BCUT2D eigenvalue weighted by Gasteiger charge is -2.31. The molecule has 0 aliphatic carbocycles. The molecule has 7 heteroatoms. The van der Waals surface area contributed by atoms with E-state index in [4.69, 9.17) is 10.2 Å². The molecule has 0 saturated carbocycles. The smallest absolute Gasteiger partial charge is 0.152 e. The van der Waals surface area contributed by atoms with Gasteiger partial charge >= 0.3 is 0 Å². The molecule has 1 atom stereocenters. The molecule has 0 amide bonds. The van der Waals surface area contributed by atoms with E-state index in [2.05, 4.69) is 44.9 Å². The van der Waals surface area contributed by atoms with E-state index >= 15 is 0 Å². The SMILES string of the molecule is ONC(O)c1ccc(Cn2ccc3ccc(C4CCN(Cc5cccnc5)CC4)nc32)cc1. The number of hydrogen-bond donors (Lipinski definition) is 3. The Balaban J connectivity index is 1.27. The lowest BCUT2D eigenvalue weighted by atomic mass is 9.92. The Bertz CT molecular complexity index is 1180. The Hall–Kier alpha value is -3.10. The summed E-state index contributed by atoms with van der Waals surface area (Å²) < 4.78 is 2.17. The molecule has 170 valence electrons. The van der Waals surface area contributed by atoms with E-state index in [0.29, 0.717) is 18.0 Å². The molecule has 0 spiro atoms. The van der Waals surface area contributed by atoms with Crippen LogP contribution in [-0.4, -0.2) is 42.8 Å². The first kappa shape index (κ1) is 21.7. The number of hydroxylamine groups is 1. The zero-order chi connectivity index (χ0) is 22.6. The summed E-state index contributed by atoms with van der Waals surface area (Å²) in [5.74, 6) is 0.481. The number of nitrogens with one attached hydrogen (secondary N) is 1. The Morgan fingerprint density at radius 2 is 1.79 bits per heavy atom. The van der Waals surface area contributed by atoms with Crippen LogP contribution in [0.15, 0.2) is 73.2 Å². The molecule has 4 aromatic rings. The van der Waals surface area contributed by atoms with Crippen LogP contribution < -0.4 is 5.48 Å². The summed E-state index contributed by atoms with van der Waals surface area (Å²) in [6.07, 6.45) is 7.00. The van der Waals surface area contributed by atoms with Crippen molar-refractivity contribution in [3.05, 3.63) is 95.6 Å². The predicted octanol–water partition coefficient (Wildman–Crippen LogP) is 3.83. The van der Waals surface area contributed by atoms with Gasteiger partial charge in [-0.1, -0.05) is 30.3 Å². The topological polar surface area (TPSA) is 86.4 Å². The molecule has 1 unspecified atom stereocenters. The number of nitrogens with zero attached hydrogens (tertiary/aromatic N) is 4. The van der Waals surface area contributed by atoms with Gasteiger partial charge in [-0.25, -0.2) is 4.98 Å². The minimum Gasteiger partial charge on any atom is -0.372 e. The normalized spacial score (nSPS) is 16.3. The van der Waals surface area contributed by atoms with Crippen LogP contribution in [0.5, 0.6) is 0 Å². The van der Waals surface area contributed by atoms with Crippen LogP contribution in [0.2, 0.25) is 0 Å². The van der Waals surface area contributed by atoms with Gasteiger partial charge in [0.25, 0.3) is 0 Å². The van der Waals surface area contributed by atoms with E-state index in [1.807, 2.05) is 48.2 Å². The Labute approximate surface area is 193 Å². The number of rotatable bonds is 7. The molecule has 3 aromatic heterocycles. The van der Waals surface area contributed by atoms with E-state index in [1.54, 1.807) is 0 Å². The molecule has 0 bridgehead atoms. The maximum atomic E-state index is 9.68. The van der Waals surface area contributed by atoms with E-state index in [9.17, 15) is 5.11 Å². The van der Waals surface area contributed by atoms with Gasteiger partial charge in [-0.05, 0) is 66.9 Å². The Morgan fingerprint density at radius 3 is 2.52 bits per heavy atom. The molecule has 33 heavy (non-hydrogen) atoms. The maximum absolute atomic E-state index is 9.68. The van der Waals surface area contributed by atoms with Crippen LogP contribution in [-0.2, 0) is 13.1 Å². The average Bonchev–Trinajstić information content (AvgIpc) is 3.27. The Kier molecular flexibility index (Phi) is 6.46. The molecule has 1 saturated heterocycles. The van der Waals surface area contributed by atoms with Crippen molar-refractivity contribution in [2.75, 3.05) is 13.1 Å². The minimum atomic E-state index is -1.08. The highest BCUT2D eigenvalue weighted by atomic mass is 16.5. The van der Waals surface area contributed by atoms with Crippen molar-refractivity contribution in [1.29, 1.82) is 0 Å². The molecule has 3 N–H and O–H groups in total. The molecule has 1 aliphatic rings. The number of aliphatic hydroxyl groups excluding tert-OH is 1. The van der Waals surface area contributed by atoms with Gasteiger partial charge in [0.2, 0.25) is 0 Å². The van der Waals surface area contributed by atoms with Crippen molar-refractivity contribution < 1.29 is 10.3 Å². The molecule has 5 rings (SSSR count). The molecule has 4 heterocycles. The molecular formula is C26H29N5O2. The summed E-state index contributed by atoms with van der Waals surface area (Å²) in [4.78, 5) is 11.8. The van der Waals surface area contributed by atoms with Crippen molar-refractivity contribution in [2.45, 2.75) is 38.1 Å². The first-order valence-electron chi connectivity index (χ1n) is 11.4. The Morgan fingerprint density at radius 1 is 0.970 bits per heavy atom. The van der Waals surface area contributed by atoms with Crippen molar-refractivity contribution in [3.8, 4) is 0 Å². The van der Waals surface area contributed by atoms with Gasteiger partial charge in [0.05, 0.1) is 0 Å². The number of likely N-dealkylation sites (tertiary alicyclic amines) is 1. The van der Waals surface area contributed by atoms with Gasteiger partial charge < -0.3 is 14.9 Å². The van der Waals surface area contributed by atoms with Crippen molar-refractivity contribution >= 4 is 11.0 Å². The van der Waals surface area contributed by atoms with Crippen molar-refractivity contribution in [2.24, 2.45) is 0 Å². The molecule has 1 fully saturated rings. The number of benzene rings is 1. The number of hydrogen-bond acceptors (Lipinski definition) is 6. The van der Waals surface area contributed by atoms with Crippen LogP contribution in [0, 0.1) is 0 Å². The van der Waals surface area contributed by atoms with Crippen LogP contribution in [0.3, 0.4) is 0 Å². The minimum absolute atomic E-state index is 0.481. The molecule has 0 radical (unpaired) electrons. The second kappa shape index (κ2) is 9.80. The maximum Gasteiger partial charge on any atom is 0.152 e. The number of aromatic nitrogens is 3. The van der Waals surface area contributed by atoms with Crippen molar-refractivity contribution in [1.82, 2.24) is 24.9 Å². The monoisotopic (exact) mass is 443 g/mol. The van der Waals surface area contributed by atoms with Gasteiger partial charge in [0.15, 0.2) is 6.23 Å². The molecular weight excluding hydrogens is 414 g/mol. The zero-order valence-electron chi connectivity index (χ0n) is 18.5. The first-order valence-corrected chi connectivity index (χ1v) is 11.4. The summed E-state index contributed by atoms with van der Waals surface area (Å²) in [6, 6.07) is 18.2. The molecule has 1 aromatic carbocycles. The van der Waals surface area contributed by atoms with E-state index in [-0.39, 0.29) is 0 Å². The van der Waals surface area contributed by atoms with Crippen LogP contribution >= 0.6 is 0 Å². The van der Waals surface area contributed by atoms with Crippen LogP contribution in [0.4, 0.5) is 0 Å². The lowest BCUT2D eigenvalue weighted by Crippen LogP contribution is -2.32. The summed E-state index contributed by atoms with van der Waals surface area (Å²) in [5, 5.41) is 19.7. The van der Waals surface area contributed by atoms with Gasteiger partial charge in [-0.3, -0.25) is 9.88 Å². The van der Waals surface area contributed by atoms with Crippen molar-refractivity contribution in [3.63, 3.8) is 0 Å². The van der Waals surface area contributed by atoms with E-state index < -0.39 is 6.23 Å². The quantitative estimate of drug-likeness (QED) is 0.297. The third kappa shape index (κ3) is 4.96. The fraction of sp³-hybridized carbons (Fsp3) is 0.308. The summed E-state index contributed by atoms with van der Waals surface area (Å²) >= 11 is 0. The largest absolute Gasteiger partial charge is 0.372 e.